The summed E-state index contributed by atoms with van der Waals surface area (Å²) < 4.78 is -0.0706. The minimum atomic E-state index is -1.46. The van der Waals surface area contributed by atoms with Gasteiger partial charge in [0.15, 0.2) is 0 Å². The maximum Gasteiger partial charge on any atom is 0.495 e. The number of hydrogen-bond acceptors (Lipinski definition) is 2. The average molecular weight is 143 g/mol. The van der Waals surface area contributed by atoms with E-state index in [0.29, 0.717) is 0 Å². The number of carbonyl (C=O) groups is 1. The van der Waals surface area contributed by atoms with Crippen LogP contribution in [0.25, 0.3) is 5.53 Å². The number of nitrogens with zero attached hydrogens (tertiary/aromatic N) is 3. The van der Waals surface area contributed by atoms with Gasteiger partial charge in [-0.2, -0.15) is 0 Å². The smallest absolute Gasteiger partial charge is 0.495 e. The molecule has 5 nitrogen and oxygen atoms in total. The Morgan fingerprint density at radius 3 is 1.90 bits per heavy atom. The first-order valence-electron chi connectivity index (χ1n) is 2.65. The lowest BCUT2D eigenvalue weighted by Crippen LogP contribution is -2.51. The summed E-state index contributed by atoms with van der Waals surface area (Å²) >= 11 is 0. The standard InChI is InChI=1S/C5H9N3O2/c1-8(2,3)4(7-6)5(9)10/h1-3H3. The lowest BCUT2D eigenvalue weighted by molar-refractivity contribution is -0.786. The zero-order valence-electron chi connectivity index (χ0n) is 6.16. The molecule has 0 aliphatic rings. The average Bonchev–Trinajstić information content (AvgIpc) is 1.60. The van der Waals surface area contributed by atoms with Crippen molar-refractivity contribution in [1.82, 2.24) is 0 Å². The van der Waals surface area contributed by atoms with E-state index in [1.165, 1.54) is 0 Å². The first kappa shape index (κ1) is 8.81. The van der Waals surface area contributed by atoms with Crippen molar-refractivity contribution in [2.24, 2.45) is 0 Å². The number of carboxylic acid groups (broad SMARTS) is 1. The van der Waals surface area contributed by atoms with Crippen LogP contribution >= 0.6 is 0 Å². The summed E-state index contributed by atoms with van der Waals surface area (Å²) in [6.45, 7) is 0. The van der Waals surface area contributed by atoms with Crippen molar-refractivity contribution in [3.8, 4) is 0 Å². The molecule has 0 aromatic rings. The topological polar surface area (TPSA) is 76.5 Å². The molecule has 0 rings (SSSR count). The van der Waals surface area contributed by atoms with Gasteiger partial charge in [-0.15, -0.1) is 4.79 Å². The maximum atomic E-state index is 10.2. The van der Waals surface area contributed by atoms with Gasteiger partial charge in [0.05, 0.1) is 21.1 Å². The molecule has 0 fully saturated rings. The van der Waals surface area contributed by atoms with Crippen LogP contribution < -0.4 is 5.11 Å². The van der Waals surface area contributed by atoms with Gasteiger partial charge in [0.25, 0.3) is 0 Å². The number of quaternary nitrogens is 1. The van der Waals surface area contributed by atoms with Crippen LogP contribution in [-0.4, -0.2) is 42.2 Å². The molecule has 0 spiro atoms. The summed E-state index contributed by atoms with van der Waals surface area (Å²) in [5.41, 5.74) is 8.18. The fourth-order valence-corrected chi connectivity index (χ4v) is 0.449. The van der Waals surface area contributed by atoms with Crippen LogP contribution in [0.5, 0.6) is 0 Å². The van der Waals surface area contributed by atoms with Gasteiger partial charge < -0.3 is 15.4 Å². The number of rotatable bonds is 0. The molecule has 0 amide bonds. The lowest BCUT2D eigenvalue weighted by atomic mass is 10.5. The largest absolute Gasteiger partial charge is 0.534 e. The van der Waals surface area contributed by atoms with Gasteiger partial charge in [-0.1, -0.05) is 0 Å². The summed E-state index contributed by atoms with van der Waals surface area (Å²) in [6, 6.07) is 0. The molecule has 0 unspecified atom stereocenters. The van der Waals surface area contributed by atoms with Crippen molar-refractivity contribution in [2.45, 2.75) is 0 Å². The Balaban J connectivity index is 4.74. The van der Waals surface area contributed by atoms with Crippen molar-refractivity contribution >= 4 is 11.8 Å². The van der Waals surface area contributed by atoms with Crippen molar-refractivity contribution in [3.05, 3.63) is 5.53 Å². The molecule has 0 aliphatic heterocycles. The zero-order chi connectivity index (χ0) is 8.36. The fourth-order valence-electron chi connectivity index (χ4n) is 0.449. The molecular formula is C5H9N3O2. The van der Waals surface area contributed by atoms with Crippen LogP contribution in [0.2, 0.25) is 0 Å². The molecule has 10 heavy (non-hydrogen) atoms. The predicted octanol–water partition coefficient (Wildman–Crippen LogP) is -1.93. The Morgan fingerprint density at radius 2 is 1.90 bits per heavy atom. The van der Waals surface area contributed by atoms with Crippen LogP contribution in [0, 0.1) is 0 Å². The van der Waals surface area contributed by atoms with E-state index in [-0.39, 0.29) is 4.48 Å². The van der Waals surface area contributed by atoms with Crippen LogP contribution in [0.4, 0.5) is 0 Å². The summed E-state index contributed by atoms with van der Waals surface area (Å²) in [5, 5.41) is 10.2. The molecule has 5 heteroatoms. The van der Waals surface area contributed by atoms with E-state index in [1.54, 1.807) is 21.1 Å². The molecule has 0 atom stereocenters. The number of amidine groups is 1. The minimum absolute atomic E-state index is 0.0706. The van der Waals surface area contributed by atoms with Gasteiger partial charge in [-0.3, -0.25) is 0 Å². The molecule has 0 N–H and O–H groups in total. The molecule has 0 heterocycles. The van der Waals surface area contributed by atoms with Crippen LogP contribution in [0.15, 0.2) is 0 Å². The van der Waals surface area contributed by atoms with Crippen LogP contribution in [-0.2, 0) is 4.79 Å². The normalized spacial score (nSPS) is 10.3. The van der Waals surface area contributed by atoms with Crippen LogP contribution in [0.3, 0.4) is 0 Å². The second-order valence-corrected chi connectivity index (χ2v) is 2.72. The third-order valence-corrected chi connectivity index (χ3v) is 0.913. The second-order valence-electron chi connectivity index (χ2n) is 2.72. The molecule has 0 aromatic heterocycles. The van der Waals surface area contributed by atoms with Crippen molar-refractivity contribution in [3.63, 3.8) is 0 Å². The Hall–Kier alpha value is -1.19. The Kier molecular flexibility index (Phi) is 2.29. The van der Waals surface area contributed by atoms with Crippen molar-refractivity contribution < 1.29 is 19.2 Å². The third-order valence-electron chi connectivity index (χ3n) is 0.913. The Morgan fingerprint density at radius 1 is 1.50 bits per heavy atom. The Bertz CT molecular complexity index is 197. The number of hydrogen-bond donors (Lipinski definition) is 0. The van der Waals surface area contributed by atoms with E-state index in [9.17, 15) is 9.90 Å². The number of likely N-dealkylation sites (N-methyl/N-ethyl adjacent to an activating group) is 1. The molecule has 0 bridgehead atoms. The van der Waals surface area contributed by atoms with E-state index in [0.717, 1.165) is 0 Å². The van der Waals surface area contributed by atoms with Crippen LogP contribution in [0.1, 0.15) is 0 Å². The third kappa shape index (κ3) is 1.97. The zero-order valence-corrected chi connectivity index (χ0v) is 6.16. The number of aliphatic carboxylic acids is 1. The van der Waals surface area contributed by atoms with E-state index in [1.807, 2.05) is 0 Å². The van der Waals surface area contributed by atoms with Gasteiger partial charge in [-0.25, -0.2) is 4.48 Å². The number of carbonyl (C=O) groups excluding carboxylic acids is 1. The molecule has 0 saturated carbocycles. The van der Waals surface area contributed by atoms with Gasteiger partial charge in [0, 0.05) is 0 Å². The summed E-state index contributed by atoms with van der Waals surface area (Å²) in [4.78, 5) is 12.7. The molecular weight excluding hydrogens is 134 g/mol. The Labute approximate surface area is 58.7 Å². The highest BCUT2D eigenvalue weighted by Gasteiger charge is 2.27. The fraction of sp³-hybridized carbons (Fsp3) is 0.600. The van der Waals surface area contributed by atoms with E-state index in [4.69, 9.17) is 5.53 Å². The highest BCUT2D eigenvalue weighted by atomic mass is 16.4. The van der Waals surface area contributed by atoms with Gasteiger partial charge in [-0.05, 0) is 0 Å². The second kappa shape index (κ2) is 2.60. The number of carboxylic acids is 1. The quantitative estimate of drug-likeness (QED) is 0.130. The highest BCUT2D eigenvalue weighted by molar-refractivity contribution is 6.27. The van der Waals surface area contributed by atoms with Gasteiger partial charge >= 0.3 is 5.84 Å². The highest BCUT2D eigenvalue weighted by Crippen LogP contribution is 1.89. The molecule has 56 valence electrons. The van der Waals surface area contributed by atoms with Gasteiger partial charge in [0.1, 0.15) is 0 Å². The summed E-state index contributed by atoms with van der Waals surface area (Å²) in [6.07, 6.45) is 0. The summed E-state index contributed by atoms with van der Waals surface area (Å²) in [5.74, 6) is -1.87. The predicted molar refractivity (Wildman–Crippen MR) is 31.7 cm³/mol. The van der Waals surface area contributed by atoms with Gasteiger partial charge in [0.2, 0.25) is 5.97 Å². The first-order valence-corrected chi connectivity index (χ1v) is 2.65. The molecule has 0 saturated heterocycles. The van der Waals surface area contributed by atoms with Crippen molar-refractivity contribution in [2.75, 3.05) is 21.1 Å². The van der Waals surface area contributed by atoms with E-state index < -0.39 is 11.8 Å². The van der Waals surface area contributed by atoms with Crippen molar-refractivity contribution in [1.29, 1.82) is 0 Å². The first-order chi connectivity index (χ1) is 4.39. The molecule has 0 aliphatic carbocycles. The lowest BCUT2D eigenvalue weighted by Gasteiger charge is -2.16. The van der Waals surface area contributed by atoms with E-state index >= 15 is 0 Å². The maximum absolute atomic E-state index is 10.2. The minimum Gasteiger partial charge on any atom is -0.534 e. The summed E-state index contributed by atoms with van der Waals surface area (Å²) in [7, 11) is 4.68. The monoisotopic (exact) mass is 143 g/mol. The SMILES string of the molecule is C[N+](C)(C)C(=[N+]=[N-])C(=O)[O-]. The molecule has 0 aromatic carbocycles. The molecule has 0 radical (unpaired) electrons. The van der Waals surface area contributed by atoms with E-state index in [2.05, 4.69) is 4.79 Å².